The highest BCUT2D eigenvalue weighted by Crippen LogP contribution is 2.32. The van der Waals surface area contributed by atoms with Crippen LogP contribution in [0.25, 0.3) is 11.0 Å². The molecule has 4 aromatic rings. The molecule has 1 aromatic heterocycles. The minimum absolute atomic E-state index is 0.225. The van der Waals surface area contributed by atoms with E-state index < -0.39 is 5.91 Å². The molecular weight excluding hydrogens is 650 g/mol. The number of aromatic amines is 1. The van der Waals surface area contributed by atoms with Gasteiger partial charge in [-0.3, -0.25) is 14.4 Å². The molecule has 1 aliphatic rings. The van der Waals surface area contributed by atoms with Crippen molar-refractivity contribution in [2.75, 3.05) is 89.8 Å². The first-order chi connectivity index (χ1) is 24.7. The van der Waals surface area contributed by atoms with Crippen LogP contribution in [0.5, 0.6) is 11.5 Å². The number of piperazine rings is 1. The van der Waals surface area contributed by atoms with E-state index in [0.717, 1.165) is 56.5 Å². The Bertz CT molecular complexity index is 1820. The second kappa shape index (κ2) is 17.7. The number of fused-ring (bicyclic) bond motifs is 1. The van der Waals surface area contributed by atoms with Gasteiger partial charge in [0.25, 0.3) is 11.8 Å². The summed E-state index contributed by atoms with van der Waals surface area (Å²) in [4.78, 5) is 53.3. The van der Waals surface area contributed by atoms with Crippen molar-refractivity contribution >= 4 is 46.1 Å². The first-order valence-corrected chi connectivity index (χ1v) is 17.4. The van der Waals surface area contributed by atoms with Crippen LogP contribution in [-0.4, -0.2) is 112 Å². The number of aromatic nitrogens is 2. The van der Waals surface area contributed by atoms with E-state index in [-0.39, 0.29) is 23.1 Å². The number of amides is 3. The Kier molecular flexibility index (Phi) is 12.9. The standard InChI is InChI=1S/C38H49N7O6/c1-26-13-16-31(33(24-26)51-22-8-6-7-12-34(46)45-20-18-43(2)19-21-45)44(3)37(48)27-14-15-28(32(25-27)50-5)36(47)40-29-10-9-11-30-35(29)42-38(41-30)39-17-23-49-4/h9-11,13-16,24-25H,6-8,12,17-23H2,1-5H3,(H,40,47)(H2,39,41,42). The third kappa shape index (κ3) is 9.56. The second-order valence-corrected chi connectivity index (χ2v) is 12.8. The molecule has 3 amide bonds. The minimum atomic E-state index is -0.401. The molecule has 0 aliphatic carbocycles. The maximum atomic E-state index is 13.7. The fraction of sp³-hybridized carbons (Fsp3) is 0.421. The molecule has 0 radical (unpaired) electrons. The van der Waals surface area contributed by atoms with Crippen LogP contribution < -0.4 is 25.0 Å². The first kappa shape index (κ1) is 37.1. The molecule has 1 saturated heterocycles. The molecule has 13 nitrogen and oxygen atoms in total. The molecule has 13 heteroatoms. The van der Waals surface area contributed by atoms with E-state index in [4.69, 9.17) is 14.2 Å². The molecule has 272 valence electrons. The van der Waals surface area contributed by atoms with Gasteiger partial charge in [-0.05, 0) is 81.3 Å². The number of likely N-dealkylation sites (N-methyl/N-ethyl adjacent to an activating group) is 1. The second-order valence-electron chi connectivity index (χ2n) is 12.8. The van der Waals surface area contributed by atoms with Crippen molar-refractivity contribution in [1.82, 2.24) is 19.8 Å². The van der Waals surface area contributed by atoms with Gasteiger partial charge < -0.3 is 44.5 Å². The van der Waals surface area contributed by atoms with Gasteiger partial charge in [-0.1, -0.05) is 12.1 Å². The van der Waals surface area contributed by atoms with Crippen LogP contribution in [0.15, 0.2) is 54.6 Å². The third-order valence-electron chi connectivity index (χ3n) is 8.98. The quantitative estimate of drug-likeness (QED) is 0.135. The van der Waals surface area contributed by atoms with Gasteiger partial charge >= 0.3 is 0 Å². The summed E-state index contributed by atoms with van der Waals surface area (Å²) in [5.41, 5.74) is 4.15. The molecule has 3 N–H and O–H groups in total. The number of nitrogens with zero attached hydrogens (tertiary/aromatic N) is 4. The fourth-order valence-electron chi connectivity index (χ4n) is 5.96. The first-order valence-electron chi connectivity index (χ1n) is 17.4. The van der Waals surface area contributed by atoms with Crippen molar-refractivity contribution in [2.45, 2.75) is 32.6 Å². The third-order valence-corrected chi connectivity index (χ3v) is 8.98. The summed E-state index contributed by atoms with van der Waals surface area (Å²) in [6.07, 6.45) is 3.03. The Labute approximate surface area is 299 Å². The lowest BCUT2D eigenvalue weighted by atomic mass is 10.1. The number of carbonyl (C=O) groups excluding carboxylic acids is 3. The molecule has 0 bridgehead atoms. The predicted octanol–water partition coefficient (Wildman–Crippen LogP) is 5.18. The molecule has 51 heavy (non-hydrogen) atoms. The van der Waals surface area contributed by atoms with Crippen LogP contribution in [0.2, 0.25) is 0 Å². The SMILES string of the molecule is COCCNc1nc2c(NC(=O)c3ccc(C(=O)N(C)c4ccc(C)cc4OCCCCCC(=O)N4CCN(C)CC4)cc3OC)cccc2[nH]1. The lowest BCUT2D eigenvalue weighted by Crippen LogP contribution is -2.47. The van der Waals surface area contributed by atoms with E-state index in [0.29, 0.717) is 60.3 Å². The van der Waals surface area contributed by atoms with E-state index in [9.17, 15) is 14.4 Å². The fourth-order valence-corrected chi connectivity index (χ4v) is 5.96. The Morgan fingerprint density at radius 1 is 0.941 bits per heavy atom. The summed E-state index contributed by atoms with van der Waals surface area (Å²) in [7, 11) is 6.87. The highest BCUT2D eigenvalue weighted by atomic mass is 16.5. The number of imidazole rings is 1. The van der Waals surface area contributed by atoms with Crippen molar-refractivity contribution in [3.05, 3.63) is 71.3 Å². The summed E-state index contributed by atoms with van der Waals surface area (Å²) in [5.74, 6) is 0.970. The summed E-state index contributed by atoms with van der Waals surface area (Å²) in [6.45, 7) is 6.99. The summed E-state index contributed by atoms with van der Waals surface area (Å²) < 4.78 is 16.8. The van der Waals surface area contributed by atoms with E-state index in [1.54, 1.807) is 38.4 Å². The number of carbonyl (C=O) groups is 3. The van der Waals surface area contributed by atoms with Gasteiger partial charge in [0.05, 0.1) is 42.8 Å². The Balaban J connectivity index is 1.19. The maximum Gasteiger partial charge on any atom is 0.259 e. The number of nitrogens with one attached hydrogen (secondary N) is 3. The number of hydrogen-bond donors (Lipinski definition) is 3. The van der Waals surface area contributed by atoms with E-state index in [2.05, 4.69) is 32.5 Å². The molecule has 1 aliphatic heterocycles. The molecule has 0 saturated carbocycles. The van der Waals surface area contributed by atoms with Gasteiger partial charge in [0, 0.05) is 58.9 Å². The zero-order valence-corrected chi connectivity index (χ0v) is 30.2. The number of benzene rings is 3. The monoisotopic (exact) mass is 699 g/mol. The minimum Gasteiger partial charge on any atom is -0.496 e. The number of hydrogen-bond acceptors (Lipinski definition) is 9. The van der Waals surface area contributed by atoms with Gasteiger partial charge in [0.15, 0.2) is 0 Å². The van der Waals surface area contributed by atoms with Gasteiger partial charge in [-0.2, -0.15) is 0 Å². The maximum absolute atomic E-state index is 13.7. The topological polar surface area (TPSA) is 141 Å². The molecule has 5 rings (SSSR count). The Hall–Kier alpha value is -5.14. The average Bonchev–Trinajstić information content (AvgIpc) is 3.56. The molecule has 3 aromatic carbocycles. The number of methoxy groups -OCH3 is 2. The summed E-state index contributed by atoms with van der Waals surface area (Å²) in [6, 6.07) is 16.0. The number of unbranched alkanes of at least 4 members (excludes halogenated alkanes) is 2. The summed E-state index contributed by atoms with van der Waals surface area (Å²) >= 11 is 0. The van der Waals surface area contributed by atoms with Crippen LogP contribution in [0, 0.1) is 6.92 Å². The van der Waals surface area contributed by atoms with Crippen molar-refractivity contribution in [3.63, 3.8) is 0 Å². The molecule has 1 fully saturated rings. The predicted molar refractivity (Wildman–Crippen MR) is 199 cm³/mol. The zero-order valence-electron chi connectivity index (χ0n) is 30.2. The average molecular weight is 700 g/mol. The molecule has 0 unspecified atom stereocenters. The lowest BCUT2D eigenvalue weighted by molar-refractivity contribution is -0.132. The van der Waals surface area contributed by atoms with Crippen LogP contribution in [0.1, 0.15) is 52.0 Å². The summed E-state index contributed by atoms with van der Waals surface area (Å²) in [5, 5.41) is 6.09. The van der Waals surface area contributed by atoms with Crippen molar-refractivity contribution in [3.8, 4) is 11.5 Å². The van der Waals surface area contributed by atoms with Crippen LogP contribution >= 0.6 is 0 Å². The largest absolute Gasteiger partial charge is 0.496 e. The highest BCUT2D eigenvalue weighted by Gasteiger charge is 2.22. The van der Waals surface area contributed by atoms with E-state index in [1.165, 1.54) is 12.0 Å². The van der Waals surface area contributed by atoms with E-state index >= 15 is 0 Å². The van der Waals surface area contributed by atoms with E-state index in [1.807, 2.05) is 42.2 Å². The smallest absolute Gasteiger partial charge is 0.259 e. The van der Waals surface area contributed by atoms with Crippen molar-refractivity contribution in [1.29, 1.82) is 0 Å². The number of H-pyrrole nitrogens is 1. The molecule has 0 spiro atoms. The van der Waals surface area contributed by atoms with Gasteiger partial charge in [-0.15, -0.1) is 0 Å². The normalized spacial score (nSPS) is 13.2. The molecule has 2 heterocycles. The zero-order chi connectivity index (χ0) is 36.3. The molecular formula is C38H49N7O6. The van der Waals surface area contributed by atoms with Crippen LogP contribution in [0.3, 0.4) is 0 Å². The number of aryl methyl sites for hydroxylation is 1. The van der Waals surface area contributed by atoms with Gasteiger partial charge in [0.1, 0.15) is 17.0 Å². The number of para-hydroxylation sites is 1. The Morgan fingerprint density at radius 3 is 2.51 bits per heavy atom. The highest BCUT2D eigenvalue weighted by molar-refractivity contribution is 6.11. The molecule has 0 atom stereocenters. The van der Waals surface area contributed by atoms with Crippen LogP contribution in [0.4, 0.5) is 17.3 Å². The number of rotatable bonds is 16. The number of anilines is 3. The van der Waals surface area contributed by atoms with Crippen molar-refractivity contribution in [2.24, 2.45) is 0 Å². The lowest BCUT2D eigenvalue weighted by Gasteiger charge is -2.32. The Morgan fingerprint density at radius 2 is 1.75 bits per heavy atom. The number of ether oxygens (including phenoxy) is 3. The van der Waals surface area contributed by atoms with Gasteiger partial charge in [-0.25, -0.2) is 4.98 Å². The van der Waals surface area contributed by atoms with Gasteiger partial charge in [0.2, 0.25) is 11.9 Å². The van der Waals surface area contributed by atoms with Crippen molar-refractivity contribution < 1.29 is 28.6 Å². The van der Waals surface area contributed by atoms with Crippen LogP contribution in [-0.2, 0) is 9.53 Å².